The summed E-state index contributed by atoms with van der Waals surface area (Å²) in [5, 5.41) is 3.12. The van der Waals surface area contributed by atoms with Gasteiger partial charge in [0.25, 0.3) is 0 Å². The zero-order valence-corrected chi connectivity index (χ0v) is 10.9. The topological polar surface area (TPSA) is 58.0 Å². The first-order valence-corrected chi connectivity index (χ1v) is 5.81. The number of halogens is 6. The molecule has 0 bridgehead atoms. The predicted molar refractivity (Wildman–Crippen MR) is 66.6 cm³/mol. The van der Waals surface area contributed by atoms with Crippen LogP contribution in [0.4, 0.5) is 32.0 Å². The maximum atomic E-state index is 13.7. The molecule has 2 aromatic rings. The molecule has 2 aromatic carbocycles. The number of hydrogen-bond donors (Lipinski definition) is 0. The van der Waals surface area contributed by atoms with Gasteiger partial charge in [-0.3, -0.25) is 0 Å². The molecule has 0 saturated carbocycles. The Morgan fingerprint density at radius 2 is 1.61 bits per heavy atom. The molecule has 23 heavy (non-hydrogen) atoms. The van der Waals surface area contributed by atoms with Gasteiger partial charge in [0, 0.05) is 11.0 Å². The molecule has 120 valence electrons. The summed E-state index contributed by atoms with van der Waals surface area (Å²) < 4.78 is 82.6. The highest BCUT2D eigenvalue weighted by Crippen LogP contribution is 2.38. The Kier molecular flexibility index (Phi) is 4.37. The van der Waals surface area contributed by atoms with Gasteiger partial charge in [-0.1, -0.05) is 5.11 Å². The highest BCUT2D eigenvalue weighted by atomic mass is 19.4. The van der Waals surface area contributed by atoms with Gasteiger partial charge in [-0.25, -0.2) is 13.2 Å². The van der Waals surface area contributed by atoms with E-state index in [1.807, 2.05) is 0 Å². The monoisotopic (exact) mass is 333 g/mol. The second kappa shape index (κ2) is 6.09. The number of alkyl halides is 3. The van der Waals surface area contributed by atoms with Crippen LogP contribution in [0.2, 0.25) is 0 Å². The average molecular weight is 333 g/mol. The third-order valence-corrected chi connectivity index (χ3v) is 2.61. The number of azide groups is 1. The summed E-state index contributed by atoms with van der Waals surface area (Å²) >= 11 is 0. The van der Waals surface area contributed by atoms with Crippen LogP contribution in [0.1, 0.15) is 5.56 Å². The molecule has 0 aliphatic rings. The van der Waals surface area contributed by atoms with Crippen molar-refractivity contribution >= 4 is 5.69 Å². The quantitative estimate of drug-likeness (QED) is 0.300. The summed E-state index contributed by atoms with van der Waals surface area (Å²) in [5.41, 5.74) is 6.51. The fourth-order valence-corrected chi connectivity index (χ4v) is 1.63. The van der Waals surface area contributed by atoms with E-state index in [2.05, 4.69) is 10.0 Å². The first kappa shape index (κ1) is 16.5. The zero-order valence-electron chi connectivity index (χ0n) is 10.9. The Labute approximate surface area is 124 Å². The van der Waals surface area contributed by atoms with E-state index >= 15 is 0 Å². The molecular formula is C13H5F6N3O. The number of ether oxygens (including phenoxy) is 1. The minimum Gasteiger partial charge on any atom is -0.451 e. The van der Waals surface area contributed by atoms with E-state index in [4.69, 9.17) is 10.3 Å². The Morgan fingerprint density at radius 1 is 1.00 bits per heavy atom. The third kappa shape index (κ3) is 3.67. The molecule has 0 saturated heterocycles. The molecule has 0 spiro atoms. The normalized spacial score (nSPS) is 11.0. The molecular weight excluding hydrogens is 328 g/mol. The second-order valence-corrected chi connectivity index (χ2v) is 4.17. The summed E-state index contributed by atoms with van der Waals surface area (Å²) in [6.45, 7) is 0. The van der Waals surface area contributed by atoms with Crippen molar-refractivity contribution in [3.8, 4) is 11.5 Å². The highest BCUT2D eigenvalue weighted by Gasteiger charge is 2.33. The van der Waals surface area contributed by atoms with Crippen LogP contribution in [0.5, 0.6) is 11.5 Å². The van der Waals surface area contributed by atoms with E-state index in [1.165, 1.54) is 0 Å². The van der Waals surface area contributed by atoms with Gasteiger partial charge < -0.3 is 4.74 Å². The lowest BCUT2D eigenvalue weighted by Gasteiger charge is -2.12. The molecule has 4 nitrogen and oxygen atoms in total. The summed E-state index contributed by atoms with van der Waals surface area (Å²) in [6.07, 6.45) is -4.95. The van der Waals surface area contributed by atoms with E-state index in [9.17, 15) is 26.3 Å². The van der Waals surface area contributed by atoms with Crippen molar-refractivity contribution in [2.75, 3.05) is 0 Å². The predicted octanol–water partition coefficient (Wildman–Crippen LogP) is 5.86. The maximum absolute atomic E-state index is 13.7. The van der Waals surface area contributed by atoms with Gasteiger partial charge in [-0.05, 0) is 29.8 Å². The van der Waals surface area contributed by atoms with Crippen LogP contribution in [0.3, 0.4) is 0 Å². The molecule has 0 fully saturated rings. The minimum absolute atomic E-state index is 0.0327. The minimum atomic E-state index is -4.95. The van der Waals surface area contributed by atoms with Gasteiger partial charge in [0.2, 0.25) is 0 Å². The van der Waals surface area contributed by atoms with Crippen molar-refractivity contribution in [2.45, 2.75) is 6.18 Å². The van der Waals surface area contributed by atoms with Gasteiger partial charge in [-0.15, -0.1) is 0 Å². The molecule has 10 heteroatoms. The first-order chi connectivity index (χ1) is 10.7. The van der Waals surface area contributed by atoms with Gasteiger partial charge in [0.05, 0.1) is 11.3 Å². The lowest BCUT2D eigenvalue weighted by molar-refractivity contribution is -0.138. The van der Waals surface area contributed by atoms with Gasteiger partial charge in [0.1, 0.15) is 11.6 Å². The van der Waals surface area contributed by atoms with Crippen LogP contribution < -0.4 is 4.74 Å². The fourth-order valence-electron chi connectivity index (χ4n) is 1.63. The zero-order chi connectivity index (χ0) is 17.2. The van der Waals surface area contributed by atoms with Crippen molar-refractivity contribution in [2.24, 2.45) is 5.11 Å². The SMILES string of the molecule is [N-]=[N+]=Nc1ccc(F)cc1Oc1c(F)cc(C(F)(F)F)cc1F. The van der Waals surface area contributed by atoms with Crippen LogP contribution in [-0.2, 0) is 6.18 Å². The number of benzene rings is 2. The lowest BCUT2D eigenvalue weighted by Crippen LogP contribution is -2.07. The molecule has 0 N–H and O–H groups in total. The van der Waals surface area contributed by atoms with Crippen LogP contribution in [0, 0.1) is 17.5 Å². The van der Waals surface area contributed by atoms with Crippen molar-refractivity contribution in [3.63, 3.8) is 0 Å². The Balaban J connectivity index is 2.49. The highest BCUT2D eigenvalue weighted by molar-refractivity contribution is 5.53. The average Bonchev–Trinajstić information content (AvgIpc) is 2.44. The Bertz CT molecular complexity index is 776. The lowest BCUT2D eigenvalue weighted by atomic mass is 10.2. The largest absolute Gasteiger partial charge is 0.451 e. The van der Waals surface area contributed by atoms with E-state index in [-0.39, 0.29) is 17.8 Å². The molecule has 0 aromatic heterocycles. The maximum Gasteiger partial charge on any atom is 0.416 e. The van der Waals surface area contributed by atoms with Crippen molar-refractivity contribution < 1.29 is 31.1 Å². The standard InChI is InChI=1S/C13H5F6N3O/c14-7-1-2-10(21-22-20)11(5-7)23-12-8(15)3-6(4-9(12)16)13(17,18)19/h1-5H. The van der Waals surface area contributed by atoms with E-state index in [1.54, 1.807) is 0 Å². The van der Waals surface area contributed by atoms with Crippen LogP contribution in [0.15, 0.2) is 35.4 Å². The molecule has 0 unspecified atom stereocenters. The third-order valence-electron chi connectivity index (χ3n) is 2.61. The van der Waals surface area contributed by atoms with Crippen LogP contribution in [0.25, 0.3) is 10.4 Å². The van der Waals surface area contributed by atoms with Crippen LogP contribution >= 0.6 is 0 Å². The van der Waals surface area contributed by atoms with Crippen molar-refractivity contribution in [3.05, 3.63) is 63.8 Å². The van der Waals surface area contributed by atoms with E-state index in [0.29, 0.717) is 6.07 Å². The van der Waals surface area contributed by atoms with Gasteiger partial charge in [0.15, 0.2) is 17.4 Å². The number of hydrogen-bond acceptors (Lipinski definition) is 2. The second-order valence-electron chi connectivity index (χ2n) is 4.17. The summed E-state index contributed by atoms with van der Waals surface area (Å²) in [4.78, 5) is 2.42. The van der Waals surface area contributed by atoms with E-state index < -0.39 is 40.7 Å². The molecule has 0 radical (unpaired) electrons. The molecule has 0 amide bonds. The van der Waals surface area contributed by atoms with Crippen LogP contribution in [-0.4, -0.2) is 0 Å². The number of nitrogens with zero attached hydrogens (tertiary/aromatic N) is 3. The van der Waals surface area contributed by atoms with Crippen molar-refractivity contribution in [1.29, 1.82) is 0 Å². The molecule has 0 aliphatic carbocycles. The van der Waals surface area contributed by atoms with Gasteiger partial charge in [-0.2, -0.15) is 13.2 Å². The van der Waals surface area contributed by atoms with Crippen molar-refractivity contribution in [1.82, 2.24) is 0 Å². The van der Waals surface area contributed by atoms with E-state index in [0.717, 1.165) is 12.1 Å². The summed E-state index contributed by atoms with van der Waals surface area (Å²) in [7, 11) is 0. The smallest absolute Gasteiger partial charge is 0.416 e. The fraction of sp³-hybridized carbons (Fsp3) is 0.0769. The number of rotatable bonds is 3. The molecule has 0 heterocycles. The Morgan fingerprint density at radius 3 is 2.13 bits per heavy atom. The Hall–Kier alpha value is -2.87. The molecule has 2 rings (SSSR count). The summed E-state index contributed by atoms with van der Waals surface area (Å²) in [6, 6.07) is 2.61. The first-order valence-electron chi connectivity index (χ1n) is 5.81. The summed E-state index contributed by atoms with van der Waals surface area (Å²) in [5.74, 6) is -5.90. The molecule has 0 atom stereocenters. The molecule has 0 aliphatic heterocycles. The van der Waals surface area contributed by atoms with Gasteiger partial charge >= 0.3 is 6.18 Å².